The van der Waals surface area contributed by atoms with Gasteiger partial charge in [-0.1, -0.05) is 17.7 Å². The van der Waals surface area contributed by atoms with Crippen LogP contribution in [0.1, 0.15) is 20.9 Å². The predicted octanol–water partition coefficient (Wildman–Crippen LogP) is 3.53. The summed E-state index contributed by atoms with van der Waals surface area (Å²) in [6.07, 6.45) is 2.02. The van der Waals surface area contributed by atoms with Crippen LogP contribution >= 0.6 is 22.9 Å². The number of hydrogen-bond acceptors (Lipinski definition) is 3. The summed E-state index contributed by atoms with van der Waals surface area (Å²) in [7, 11) is 0. The highest BCUT2D eigenvalue weighted by molar-refractivity contribution is 7.09. The van der Waals surface area contributed by atoms with Crippen LogP contribution in [0.3, 0.4) is 0 Å². The third-order valence-corrected chi connectivity index (χ3v) is 3.31. The fraction of sp³-hybridized carbons (Fsp3) is 0.167. The molecule has 0 atom stereocenters. The summed E-state index contributed by atoms with van der Waals surface area (Å²) in [6, 6.07) is 5.46. The minimum atomic E-state index is 0.0138. The van der Waals surface area contributed by atoms with Crippen molar-refractivity contribution in [1.29, 1.82) is 0 Å². The van der Waals surface area contributed by atoms with Gasteiger partial charge in [-0.3, -0.25) is 4.79 Å². The zero-order valence-corrected chi connectivity index (χ0v) is 10.3. The number of carbonyl (C=O) groups is 1. The van der Waals surface area contributed by atoms with Gasteiger partial charge in [-0.05, 0) is 24.6 Å². The van der Waals surface area contributed by atoms with Gasteiger partial charge in [0.15, 0.2) is 5.78 Å². The van der Waals surface area contributed by atoms with E-state index in [0.717, 1.165) is 10.6 Å². The van der Waals surface area contributed by atoms with Gasteiger partial charge >= 0.3 is 0 Å². The Kier molecular flexibility index (Phi) is 3.36. The molecule has 0 N–H and O–H groups in total. The Balaban J connectivity index is 2.21. The molecule has 0 bridgehead atoms. The van der Waals surface area contributed by atoms with E-state index < -0.39 is 0 Å². The van der Waals surface area contributed by atoms with E-state index in [1.807, 2.05) is 18.4 Å². The Morgan fingerprint density at radius 3 is 2.94 bits per heavy atom. The summed E-state index contributed by atoms with van der Waals surface area (Å²) in [5.41, 5.74) is 1.62. The monoisotopic (exact) mass is 251 g/mol. The molecule has 2 aromatic rings. The average molecular weight is 252 g/mol. The van der Waals surface area contributed by atoms with Crippen LogP contribution in [0.2, 0.25) is 5.02 Å². The molecule has 0 radical (unpaired) electrons. The molecular formula is C12H10ClNOS. The number of ketones is 1. The lowest BCUT2D eigenvalue weighted by molar-refractivity contribution is 0.0993. The molecule has 16 heavy (non-hydrogen) atoms. The van der Waals surface area contributed by atoms with Gasteiger partial charge in [0.1, 0.15) is 5.01 Å². The van der Waals surface area contributed by atoms with Crippen molar-refractivity contribution in [1.82, 2.24) is 4.98 Å². The highest BCUT2D eigenvalue weighted by Crippen LogP contribution is 2.20. The highest BCUT2D eigenvalue weighted by Gasteiger charge is 2.12. The molecule has 4 heteroatoms. The lowest BCUT2D eigenvalue weighted by atomic mass is 10.1. The molecule has 0 aliphatic rings. The number of benzene rings is 1. The van der Waals surface area contributed by atoms with Crippen molar-refractivity contribution in [3.8, 4) is 0 Å². The molecule has 82 valence electrons. The molecule has 0 spiro atoms. The summed E-state index contributed by atoms with van der Waals surface area (Å²) in [5.74, 6) is 0.0138. The van der Waals surface area contributed by atoms with E-state index in [2.05, 4.69) is 4.98 Å². The van der Waals surface area contributed by atoms with E-state index in [0.29, 0.717) is 17.0 Å². The number of rotatable bonds is 3. The number of aromatic nitrogens is 1. The zero-order chi connectivity index (χ0) is 11.5. The third kappa shape index (κ3) is 2.49. The Morgan fingerprint density at radius 2 is 2.31 bits per heavy atom. The van der Waals surface area contributed by atoms with Crippen LogP contribution in [-0.4, -0.2) is 10.8 Å². The van der Waals surface area contributed by atoms with Crippen molar-refractivity contribution in [2.24, 2.45) is 0 Å². The maximum absolute atomic E-state index is 11.9. The quantitative estimate of drug-likeness (QED) is 0.781. The predicted molar refractivity (Wildman–Crippen MR) is 66.3 cm³/mol. The molecule has 0 unspecified atom stereocenters. The standard InChI is InChI=1S/C12H10ClNOS/c1-8-2-3-9(10(13)6-8)11(15)7-12-14-4-5-16-12/h2-6H,7H2,1H3. The largest absolute Gasteiger partial charge is 0.294 e. The first-order valence-electron chi connectivity index (χ1n) is 4.84. The van der Waals surface area contributed by atoms with Crippen LogP contribution in [0.15, 0.2) is 29.8 Å². The van der Waals surface area contributed by atoms with Gasteiger partial charge in [-0.25, -0.2) is 4.98 Å². The van der Waals surface area contributed by atoms with Crippen LogP contribution in [0, 0.1) is 6.92 Å². The molecule has 1 aromatic carbocycles. The molecule has 0 saturated heterocycles. The molecular weight excluding hydrogens is 242 g/mol. The number of thiazole rings is 1. The first-order valence-corrected chi connectivity index (χ1v) is 6.10. The summed E-state index contributed by atoms with van der Waals surface area (Å²) in [5, 5.41) is 3.20. The minimum Gasteiger partial charge on any atom is -0.294 e. The van der Waals surface area contributed by atoms with Crippen molar-refractivity contribution in [2.75, 3.05) is 0 Å². The van der Waals surface area contributed by atoms with Crippen molar-refractivity contribution >= 4 is 28.7 Å². The smallest absolute Gasteiger partial charge is 0.171 e. The van der Waals surface area contributed by atoms with Crippen LogP contribution in [-0.2, 0) is 6.42 Å². The highest BCUT2D eigenvalue weighted by atomic mass is 35.5. The van der Waals surface area contributed by atoms with Gasteiger partial charge in [0.2, 0.25) is 0 Å². The van der Waals surface area contributed by atoms with E-state index in [9.17, 15) is 4.79 Å². The van der Waals surface area contributed by atoms with Crippen molar-refractivity contribution in [3.63, 3.8) is 0 Å². The first-order chi connectivity index (χ1) is 7.66. The summed E-state index contributed by atoms with van der Waals surface area (Å²) in [4.78, 5) is 16.0. The molecule has 0 aliphatic heterocycles. The number of halogens is 1. The van der Waals surface area contributed by atoms with Crippen LogP contribution in [0.4, 0.5) is 0 Å². The Labute approximate surface area is 103 Å². The van der Waals surface area contributed by atoms with Crippen molar-refractivity contribution < 1.29 is 4.79 Å². The molecule has 0 fully saturated rings. The second-order valence-electron chi connectivity index (χ2n) is 3.51. The molecule has 1 aromatic heterocycles. The van der Waals surface area contributed by atoms with Gasteiger partial charge in [0.25, 0.3) is 0 Å². The molecule has 0 aliphatic carbocycles. The number of carbonyl (C=O) groups excluding carboxylic acids is 1. The summed E-state index contributed by atoms with van der Waals surface area (Å²) >= 11 is 7.51. The van der Waals surface area contributed by atoms with E-state index in [1.54, 1.807) is 18.3 Å². The lowest BCUT2D eigenvalue weighted by Gasteiger charge is -2.02. The molecule has 0 saturated carbocycles. The number of nitrogens with zero attached hydrogens (tertiary/aromatic N) is 1. The fourth-order valence-corrected chi connectivity index (χ4v) is 2.37. The van der Waals surface area contributed by atoms with Gasteiger partial charge in [0, 0.05) is 17.1 Å². The normalized spacial score (nSPS) is 10.4. The van der Waals surface area contributed by atoms with Crippen molar-refractivity contribution in [3.05, 3.63) is 50.9 Å². The number of Topliss-reactive ketones (excluding diaryl/α,β-unsaturated/α-hetero) is 1. The summed E-state index contributed by atoms with van der Waals surface area (Å²) < 4.78 is 0. The van der Waals surface area contributed by atoms with Crippen LogP contribution in [0.25, 0.3) is 0 Å². The summed E-state index contributed by atoms with van der Waals surface area (Å²) in [6.45, 7) is 1.95. The second-order valence-corrected chi connectivity index (χ2v) is 4.90. The van der Waals surface area contributed by atoms with Crippen LogP contribution < -0.4 is 0 Å². The Morgan fingerprint density at radius 1 is 1.50 bits per heavy atom. The van der Waals surface area contributed by atoms with Crippen molar-refractivity contribution in [2.45, 2.75) is 13.3 Å². The van der Waals surface area contributed by atoms with E-state index in [1.165, 1.54) is 11.3 Å². The number of hydrogen-bond donors (Lipinski definition) is 0. The first kappa shape index (κ1) is 11.3. The van der Waals surface area contributed by atoms with E-state index in [4.69, 9.17) is 11.6 Å². The maximum atomic E-state index is 11.9. The molecule has 0 amide bonds. The van der Waals surface area contributed by atoms with E-state index >= 15 is 0 Å². The lowest BCUT2D eigenvalue weighted by Crippen LogP contribution is -2.04. The van der Waals surface area contributed by atoms with E-state index in [-0.39, 0.29) is 5.78 Å². The van der Waals surface area contributed by atoms with Gasteiger partial charge in [0.05, 0.1) is 11.4 Å². The maximum Gasteiger partial charge on any atom is 0.171 e. The third-order valence-electron chi connectivity index (χ3n) is 2.22. The second kappa shape index (κ2) is 4.76. The Bertz CT molecular complexity index is 508. The zero-order valence-electron chi connectivity index (χ0n) is 8.74. The van der Waals surface area contributed by atoms with Gasteiger partial charge in [-0.15, -0.1) is 11.3 Å². The average Bonchev–Trinajstić information content (AvgIpc) is 2.70. The molecule has 1 heterocycles. The fourth-order valence-electron chi connectivity index (χ4n) is 1.42. The van der Waals surface area contributed by atoms with Gasteiger partial charge in [-0.2, -0.15) is 0 Å². The minimum absolute atomic E-state index is 0.0138. The van der Waals surface area contributed by atoms with Gasteiger partial charge < -0.3 is 0 Å². The van der Waals surface area contributed by atoms with Crippen LogP contribution in [0.5, 0.6) is 0 Å². The molecule has 2 rings (SSSR count). The SMILES string of the molecule is Cc1ccc(C(=O)Cc2nccs2)c(Cl)c1. The number of aryl methyl sites for hydroxylation is 1. The topological polar surface area (TPSA) is 30.0 Å². The Hall–Kier alpha value is -1.19. The molecule has 2 nitrogen and oxygen atoms in total.